The summed E-state index contributed by atoms with van der Waals surface area (Å²) in [5.41, 5.74) is 8.03. The molecule has 0 fully saturated rings. The molecule has 1 heterocycles. The fraction of sp³-hybridized carbons (Fsp3) is 0.0833. The maximum absolute atomic E-state index is 5.60. The molecule has 0 aliphatic rings. The number of methoxy groups -OCH3 is 1. The Kier molecular flexibility index (Phi) is 3.10. The van der Waals surface area contributed by atoms with Crippen molar-refractivity contribution in [2.45, 2.75) is 0 Å². The topological polar surface area (TPSA) is 48.1 Å². The van der Waals surface area contributed by atoms with E-state index in [4.69, 9.17) is 10.5 Å². The lowest BCUT2D eigenvalue weighted by atomic mass is 10.1. The van der Waals surface area contributed by atoms with Gasteiger partial charge in [0, 0.05) is 10.0 Å². The third kappa shape index (κ3) is 2.17. The van der Waals surface area contributed by atoms with Gasteiger partial charge in [0.2, 0.25) is 0 Å². The fourth-order valence-electron chi connectivity index (χ4n) is 1.44. The molecular formula is C12H11BrN2O. The van der Waals surface area contributed by atoms with Crippen LogP contribution in [0.2, 0.25) is 0 Å². The molecule has 0 radical (unpaired) electrons. The van der Waals surface area contributed by atoms with Gasteiger partial charge in [0.15, 0.2) is 0 Å². The van der Waals surface area contributed by atoms with Gasteiger partial charge >= 0.3 is 0 Å². The Balaban J connectivity index is 2.53. The second-order valence-electron chi connectivity index (χ2n) is 3.32. The maximum Gasteiger partial charge on any atom is 0.128 e. The van der Waals surface area contributed by atoms with Gasteiger partial charge in [-0.05, 0) is 30.3 Å². The Bertz CT molecular complexity index is 497. The van der Waals surface area contributed by atoms with Gasteiger partial charge in [-0.1, -0.05) is 15.9 Å². The number of rotatable bonds is 2. The van der Waals surface area contributed by atoms with Crippen LogP contribution < -0.4 is 10.5 Å². The van der Waals surface area contributed by atoms with Crippen LogP contribution in [0, 0.1) is 0 Å². The Hall–Kier alpha value is -1.55. The summed E-state index contributed by atoms with van der Waals surface area (Å²) in [5.74, 6) is 0.792. The predicted molar refractivity (Wildman–Crippen MR) is 68.3 cm³/mol. The van der Waals surface area contributed by atoms with Crippen molar-refractivity contribution in [3.05, 3.63) is 41.0 Å². The number of benzene rings is 1. The number of nitrogens with two attached hydrogens (primary N) is 1. The number of ether oxygens (including phenoxy) is 1. The summed E-state index contributed by atoms with van der Waals surface area (Å²) in [6, 6.07) is 9.50. The zero-order chi connectivity index (χ0) is 11.5. The standard InChI is InChI=1S/C12H11BrN2O/c1-16-12-5-2-8(13)6-10(12)11-4-3-9(14)7-15-11/h2-7H,14H2,1H3. The van der Waals surface area contributed by atoms with Crippen molar-refractivity contribution in [2.75, 3.05) is 12.8 Å². The van der Waals surface area contributed by atoms with Gasteiger partial charge in [-0.2, -0.15) is 0 Å². The van der Waals surface area contributed by atoms with Gasteiger partial charge in [-0.25, -0.2) is 0 Å². The highest BCUT2D eigenvalue weighted by molar-refractivity contribution is 9.10. The van der Waals surface area contributed by atoms with E-state index in [1.807, 2.05) is 30.3 Å². The molecule has 0 aliphatic heterocycles. The van der Waals surface area contributed by atoms with Crippen molar-refractivity contribution < 1.29 is 4.74 Å². The minimum Gasteiger partial charge on any atom is -0.496 e. The molecule has 2 rings (SSSR count). The highest BCUT2D eigenvalue weighted by Crippen LogP contribution is 2.31. The predicted octanol–water partition coefficient (Wildman–Crippen LogP) is 3.10. The van der Waals surface area contributed by atoms with Crippen LogP contribution in [0.5, 0.6) is 5.75 Å². The van der Waals surface area contributed by atoms with Crippen LogP contribution in [0.1, 0.15) is 0 Å². The van der Waals surface area contributed by atoms with Crippen molar-refractivity contribution in [3.63, 3.8) is 0 Å². The molecule has 0 saturated carbocycles. The zero-order valence-electron chi connectivity index (χ0n) is 8.77. The average molecular weight is 279 g/mol. The third-order valence-electron chi connectivity index (χ3n) is 2.22. The van der Waals surface area contributed by atoms with Gasteiger partial charge in [-0.15, -0.1) is 0 Å². The summed E-state index contributed by atoms with van der Waals surface area (Å²) in [4.78, 5) is 4.27. The number of pyridine rings is 1. The summed E-state index contributed by atoms with van der Waals surface area (Å²) in [6.07, 6.45) is 1.63. The Morgan fingerprint density at radius 3 is 2.69 bits per heavy atom. The highest BCUT2D eigenvalue weighted by atomic mass is 79.9. The largest absolute Gasteiger partial charge is 0.496 e. The first-order chi connectivity index (χ1) is 7.70. The smallest absolute Gasteiger partial charge is 0.128 e. The Morgan fingerprint density at radius 1 is 1.25 bits per heavy atom. The van der Waals surface area contributed by atoms with E-state index in [0.717, 1.165) is 21.5 Å². The molecule has 0 bridgehead atoms. The van der Waals surface area contributed by atoms with Gasteiger partial charge in [0.1, 0.15) is 5.75 Å². The number of aromatic nitrogens is 1. The van der Waals surface area contributed by atoms with Crippen LogP contribution in [-0.2, 0) is 0 Å². The molecule has 0 spiro atoms. The van der Waals surface area contributed by atoms with Crippen LogP contribution >= 0.6 is 15.9 Å². The van der Waals surface area contributed by atoms with Gasteiger partial charge in [0.05, 0.1) is 24.7 Å². The Labute approximate surface area is 102 Å². The molecular weight excluding hydrogens is 268 g/mol. The number of halogens is 1. The summed E-state index contributed by atoms with van der Waals surface area (Å²) in [5, 5.41) is 0. The maximum atomic E-state index is 5.60. The number of nitrogens with zero attached hydrogens (tertiary/aromatic N) is 1. The van der Waals surface area contributed by atoms with Crippen LogP contribution in [0.15, 0.2) is 41.0 Å². The molecule has 0 atom stereocenters. The minimum absolute atomic E-state index is 0.651. The van der Waals surface area contributed by atoms with Crippen molar-refractivity contribution in [1.29, 1.82) is 0 Å². The van der Waals surface area contributed by atoms with E-state index in [-0.39, 0.29) is 0 Å². The second kappa shape index (κ2) is 4.53. The van der Waals surface area contributed by atoms with E-state index in [0.29, 0.717) is 5.69 Å². The van der Waals surface area contributed by atoms with Gasteiger partial charge in [0.25, 0.3) is 0 Å². The summed E-state index contributed by atoms with van der Waals surface area (Å²) >= 11 is 3.43. The molecule has 1 aromatic carbocycles. The van der Waals surface area contributed by atoms with E-state index >= 15 is 0 Å². The van der Waals surface area contributed by atoms with Crippen LogP contribution in [0.3, 0.4) is 0 Å². The summed E-state index contributed by atoms with van der Waals surface area (Å²) in [7, 11) is 1.64. The number of hydrogen-bond acceptors (Lipinski definition) is 3. The SMILES string of the molecule is COc1ccc(Br)cc1-c1ccc(N)cn1. The fourth-order valence-corrected chi connectivity index (χ4v) is 1.81. The van der Waals surface area contributed by atoms with E-state index in [1.54, 1.807) is 13.3 Å². The second-order valence-corrected chi connectivity index (χ2v) is 4.24. The molecule has 82 valence electrons. The van der Waals surface area contributed by atoms with Crippen LogP contribution in [-0.4, -0.2) is 12.1 Å². The number of anilines is 1. The van der Waals surface area contributed by atoms with Crippen molar-refractivity contribution in [1.82, 2.24) is 4.98 Å². The Morgan fingerprint density at radius 2 is 2.06 bits per heavy atom. The third-order valence-corrected chi connectivity index (χ3v) is 2.72. The number of hydrogen-bond donors (Lipinski definition) is 1. The monoisotopic (exact) mass is 278 g/mol. The van der Waals surface area contributed by atoms with Gasteiger partial charge in [-0.3, -0.25) is 4.98 Å². The first-order valence-corrected chi connectivity index (χ1v) is 5.55. The minimum atomic E-state index is 0.651. The van der Waals surface area contributed by atoms with Crippen molar-refractivity contribution in [2.24, 2.45) is 0 Å². The average Bonchev–Trinajstić information content (AvgIpc) is 2.30. The first-order valence-electron chi connectivity index (χ1n) is 4.76. The van der Waals surface area contributed by atoms with E-state index in [2.05, 4.69) is 20.9 Å². The van der Waals surface area contributed by atoms with Crippen molar-refractivity contribution in [3.8, 4) is 17.0 Å². The lowest BCUT2D eigenvalue weighted by molar-refractivity contribution is 0.416. The summed E-state index contributed by atoms with van der Waals surface area (Å²) in [6.45, 7) is 0. The molecule has 0 aliphatic carbocycles. The molecule has 2 aromatic rings. The highest BCUT2D eigenvalue weighted by Gasteiger charge is 2.07. The van der Waals surface area contributed by atoms with Crippen LogP contribution in [0.4, 0.5) is 5.69 Å². The molecule has 4 heteroatoms. The first kappa shape index (κ1) is 11.0. The lowest BCUT2D eigenvalue weighted by Crippen LogP contribution is -1.91. The molecule has 0 saturated heterocycles. The molecule has 16 heavy (non-hydrogen) atoms. The normalized spacial score (nSPS) is 10.1. The van der Waals surface area contributed by atoms with E-state index < -0.39 is 0 Å². The molecule has 2 N–H and O–H groups in total. The zero-order valence-corrected chi connectivity index (χ0v) is 10.4. The molecule has 3 nitrogen and oxygen atoms in total. The lowest BCUT2D eigenvalue weighted by Gasteiger charge is -2.08. The number of nitrogen functional groups attached to an aromatic ring is 1. The molecule has 0 amide bonds. The van der Waals surface area contributed by atoms with Crippen LogP contribution in [0.25, 0.3) is 11.3 Å². The quantitative estimate of drug-likeness (QED) is 0.918. The summed E-state index contributed by atoms with van der Waals surface area (Å²) < 4.78 is 6.28. The van der Waals surface area contributed by atoms with Crippen molar-refractivity contribution >= 4 is 21.6 Å². The molecule has 0 unspecified atom stereocenters. The van der Waals surface area contributed by atoms with Gasteiger partial charge < -0.3 is 10.5 Å². The molecule has 1 aromatic heterocycles. The van der Waals surface area contributed by atoms with E-state index in [9.17, 15) is 0 Å². The van der Waals surface area contributed by atoms with E-state index in [1.165, 1.54) is 0 Å².